The minimum atomic E-state index is -4.18. The molecule has 1 saturated carbocycles. The number of benzene rings is 1. The Balaban J connectivity index is 1.90. The third-order valence-corrected chi connectivity index (χ3v) is 6.32. The highest BCUT2D eigenvalue weighted by Gasteiger charge is 2.29. The van der Waals surface area contributed by atoms with Gasteiger partial charge in [-0.25, -0.2) is 8.42 Å². The summed E-state index contributed by atoms with van der Waals surface area (Å²) in [5.41, 5.74) is 1.44. The second kappa shape index (κ2) is 5.92. The van der Waals surface area contributed by atoms with Gasteiger partial charge in [0.05, 0.1) is 4.90 Å². The van der Waals surface area contributed by atoms with Crippen LogP contribution in [0, 0.1) is 5.92 Å². The number of hydrogen-bond acceptors (Lipinski definition) is 5. The molecule has 1 aliphatic carbocycles. The van der Waals surface area contributed by atoms with Gasteiger partial charge in [0, 0.05) is 11.5 Å². The van der Waals surface area contributed by atoms with Gasteiger partial charge in [-0.3, -0.25) is 0 Å². The summed E-state index contributed by atoms with van der Waals surface area (Å²) in [5, 5.41) is 6.12. The van der Waals surface area contributed by atoms with Crippen LogP contribution in [0.15, 0.2) is 28.5 Å². The van der Waals surface area contributed by atoms with Crippen molar-refractivity contribution in [2.24, 2.45) is 11.1 Å². The summed E-state index contributed by atoms with van der Waals surface area (Å²) >= 11 is 0. The number of rotatable bonds is 4. The summed E-state index contributed by atoms with van der Waals surface area (Å²) < 4.78 is 51.2. The van der Waals surface area contributed by atoms with Crippen molar-refractivity contribution in [2.75, 3.05) is 0 Å². The molecule has 126 valence electrons. The molecular formula is C15H19NO5S2. The monoisotopic (exact) mass is 357 g/mol. The molecule has 1 aromatic rings. The molecule has 2 N–H and O–H groups in total. The summed E-state index contributed by atoms with van der Waals surface area (Å²) in [5.74, 6) is 0.415. The standard InChI is InChI=1S/C15H19NO5S2/c16-23(19,20)21-13-6-7-14-12(8-11-4-2-1-3-5-11)10-22(17,18)15(14)9-13/h6-7,9-11H,1-5,8H2,(H2,16,19,20). The zero-order valence-electron chi connectivity index (χ0n) is 12.6. The molecule has 0 amide bonds. The molecule has 23 heavy (non-hydrogen) atoms. The van der Waals surface area contributed by atoms with Gasteiger partial charge in [-0.05, 0) is 35.6 Å². The van der Waals surface area contributed by atoms with E-state index in [9.17, 15) is 16.8 Å². The van der Waals surface area contributed by atoms with Crippen molar-refractivity contribution in [3.05, 3.63) is 29.2 Å². The Morgan fingerprint density at radius 3 is 2.52 bits per heavy atom. The molecule has 1 fully saturated rings. The fourth-order valence-electron chi connectivity index (χ4n) is 3.36. The van der Waals surface area contributed by atoms with E-state index in [1.54, 1.807) is 6.07 Å². The molecule has 0 atom stereocenters. The van der Waals surface area contributed by atoms with Crippen LogP contribution in [-0.2, 0) is 20.1 Å². The molecule has 0 saturated heterocycles. The number of nitrogens with two attached hydrogens (primary N) is 1. The van der Waals surface area contributed by atoms with E-state index in [4.69, 9.17) is 5.14 Å². The fourth-order valence-corrected chi connectivity index (χ4v) is 5.25. The molecule has 0 radical (unpaired) electrons. The minimum Gasteiger partial charge on any atom is -0.371 e. The van der Waals surface area contributed by atoms with Crippen molar-refractivity contribution in [3.8, 4) is 5.75 Å². The summed E-state index contributed by atoms with van der Waals surface area (Å²) in [7, 11) is -7.74. The summed E-state index contributed by atoms with van der Waals surface area (Å²) in [6.45, 7) is 0. The van der Waals surface area contributed by atoms with Crippen LogP contribution in [0.4, 0.5) is 0 Å². The minimum absolute atomic E-state index is 0.0875. The lowest BCUT2D eigenvalue weighted by Crippen LogP contribution is -2.19. The predicted molar refractivity (Wildman–Crippen MR) is 86.5 cm³/mol. The maximum absolute atomic E-state index is 12.3. The Labute approximate surface area is 136 Å². The van der Waals surface area contributed by atoms with E-state index in [1.165, 1.54) is 36.8 Å². The first-order chi connectivity index (χ1) is 10.7. The summed E-state index contributed by atoms with van der Waals surface area (Å²) in [4.78, 5) is 0.0875. The fraction of sp³-hybridized carbons (Fsp3) is 0.467. The zero-order chi connectivity index (χ0) is 16.7. The first-order valence-corrected chi connectivity index (χ1v) is 10.6. The van der Waals surface area contributed by atoms with Crippen LogP contribution >= 0.6 is 0 Å². The van der Waals surface area contributed by atoms with E-state index in [1.807, 2.05) is 0 Å². The average molecular weight is 357 g/mol. The molecule has 0 unspecified atom stereocenters. The van der Waals surface area contributed by atoms with Gasteiger partial charge in [0.25, 0.3) is 0 Å². The van der Waals surface area contributed by atoms with Gasteiger partial charge in [-0.15, -0.1) is 0 Å². The lowest BCUT2D eigenvalue weighted by Gasteiger charge is -2.22. The van der Waals surface area contributed by atoms with E-state index in [0.717, 1.165) is 24.8 Å². The molecule has 3 rings (SSSR count). The van der Waals surface area contributed by atoms with Crippen molar-refractivity contribution in [1.29, 1.82) is 0 Å². The highest BCUT2D eigenvalue weighted by atomic mass is 32.2. The Morgan fingerprint density at radius 1 is 1.17 bits per heavy atom. The Bertz CT molecular complexity index is 850. The maximum Gasteiger partial charge on any atom is 0.380 e. The SMILES string of the molecule is NS(=O)(=O)Oc1ccc2c(c1)S(=O)(=O)C=C2CC1CCCCC1. The quantitative estimate of drug-likeness (QED) is 0.891. The van der Waals surface area contributed by atoms with Gasteiger partial charge < -0.3 is 4.18 Å². The molecule has 0 aromatic heterocycles. The number of hydrogen-bond donors (Lipinski definition) is 1. The predicted octanol–water partition coefficient (Wildman–Crippen LogP) is 2.37. The number of sulfone groups is 1. The van der Waals surface area contributed by atoms with Crippen LogP contribution in [0.25, 0.3) is 5.57 Å². The van der Waals surface area contributed by atoms with Gasteiger partial charge >= 0.3 is 10.3 Å². The average Bonchev–Trinajstić information content (AvgIpc) is 2.69. The topological polar surface area (TPSA) is 104 Å². The molecule has 2 aliphatic rings. The van der Waals surface area contributed by atoms with Crippen molar-refractivity contribution in [2.45, 2.75) is 43.4 Å². The Kier molecular flexibility index (Phi) is 4.24. The van der Waals surface area contributed by atoms with Gasteiger partial charge in [-0.2, -0.15) is 13.6 Å². The third kappa shape index (κ3) is 3.76. The summed E-state index contributed by atoms with van der Waals surface area (Å²) in [6, 6.07) is 4.24. The molecule has 0 spiro atoms. The van der Waals surface area contributed by atoms with E-state index in [-0.39, 0.29) is 10.6 Å². The number of fused-ring (bicyclic) bond motifs is 1. The second-order valence-corrected chi connectivity index (χ2v) is 9.05. The Morgan fingerprint density at radius 2 is 1.87 bits per heavy atom. The number of allylic oxidation sites excluding steroid dienone is 1. The molecule has 6 nitrogen and oxygen atoms in total. The summed E-state index contributed by atoms with van der Waals surface area (Å²) in [6.07, 6.45) is 6.62. The highest BCUT2D eigenvalue weighted by molar-refractivity contribution is 7.95. The molecular weight excluding hydrogens is 338 g/mol. The smallest absolute Gasteiger partial charge is 0.371 e. The van der Waals surface area contributed by atoms with Crippen LogP contribution in [-0.4, -0.2) is 16.8 Å². The van der Waals surface area contributed by atoms with Gasteiger partial charge in [-0.1, -0.05) is 32.1 Å². The van der Waals surface area contributed by atoms with Crippen molar-refractivity contribution < 1.29 is 21.0 Å². The van der Waals surface area contributed by atoms with E-state index in [0.29, 0.717) is 11.5 Å². The molecule has 8 heteroatoms. The zero-order valence-corrected chi connectivity index (χ0v) is 14.2. The van der Waals surface area contributed by atoms with Crippen LogP contribution < -0.4 is 9.32 Å². The van der Waals surface area contributed by atoms with Gasteiger partial charge in [0.15, 0.2) is 0 Å². The highest BCUT2D eigenvalue weighted by Crippen LogP contribution is 2.41. The Hall–Kier alpha value is -1.38. The van der Waals surface area contributed by atoms with E-state index >= 15 is 0 Å². The molecule has 1 aromatic carbocycles. The van der Waals surface area contributed by atoms with Crippen LogP contribution in [0.3, 0.4) is 0 Å². The van der Waals surface area contributed by atoms with Crippen LogP contribution in [0.1, 0.15) is 44.1 Å². The lowest BCUT2D eigenvalue weighted by molar-refractivity contribution is 0.365. The largest absolute Gasteiger partial charge is 0.380 e. The first-order valence-electron chi connectivity index (χ1n) is 7.57. The maximum atomic E-state index is 12.3. The molecule has 0 bridgehead atoms. The first kappa shape index (κ1) is 16.5. The van der Waals surface area contributed by atoms with Crippen molar-refractivity contribution >= 4 is 25.7 Å². The second-order valence-electron chi connectivity index (χ2n) is 6.13. The van der Waals surface area contributed by atoms with Crippen molar-refractivity contribution in [3.63, 3.8) is 0 Å². The lowest BCUT2D eigenvalue weighted by atomic mass is 9.84. The van der Waals surface area contributed by atoms with E-state index < -0.39 is 20.1 Å². The third-order valence-electron chi connectivity index (χ3n) is 4.35. The van der Waals surface area contributed by atoms with Crippen LogP contribution in [0.5, 0.6) is 5.75 Å². The van der Waals surface area contributed by atoms with Gasteiger partial charge in [0.1, 0.15) is 5.75 Å². The molecule has 1 aliphatic heterocycles. The van der Waals surface area contributed by atoms with Gasteiger partial charge in [0.2, 0.25) is 9.84 Å². The normalized spacial score (nSPS) is 20.8. The van der Waals surface area contributed by atoms with E-state index in [2.05, 4.69) is 4.18 Å². The van der Waals surface area contributed by atoms with Crippen LogP contribution in [0.2, 0.25) is 0 Å². The van der Waals surface area contributed by atoms with Crippen molar-refractivity contribution in [1.82, 2.24) is 0 Å². The molecule has 1 heterocycles.